The molecule has 0 aliphatic carbocycles. The Kier molecular flexibility index (Phi) is 6.64. The van der Waals surface area contributed by atoms with E-state index in [9.17, 15) is 9.50 Å². The Bertz CT molecular complexity index is 695. The SMILES string of the molecule is CC1C(c2ccc(Br)cc2)OCCN1CC(O)COc1ccc(F)cc1. The first-order valence-corrected chi connectivity index (χ1v) is 9.50. The molecule has 1 N–H and O–H groups in total. The lowest BCUT2D eigenvalue weighted by Gasteiger charge is -2.40. The Hall–Kier alpha value is -1.47. The van der Waals surface area contributed by atoms with Crippen molar-refractivity contribution in [2.45, 2.75) is 25.2 Å². The van der Waals surface area contributed by atoms with Crippen molar-refractivity contribution < 1.29 is 19.0 Å². The Morgan fingerprint density at radius 1 is 1.23 bits per heavy atom. The fourth-order valence-electron chi connectivity index (χ4n) is 3.16. The van der Waals surface area contributed by atoms with Gasteiger partial charge >= 0.3 is 0 Å². The van der Waals surface area contributed by atoms with E-state index in [-0.39, 0.29) is 24.6 Å². The number of hydrogen-bond acceptors (Lipinski definition) is 4. The molecular formula is C20H23BrFNO3. The Morgan fingerprint density at radius 3 is 2.62 bits per heavy atom. The van der Waals surface area contributed by atoms with Crippen LogP contribution in [0.4, 0.5) is 4.39 Å². The molecule has 0 spiro atoms. The third-order valence-corrected chi connectivity index (χ3v) is 5.12. The zero-order valence-corrected chi connectivity index (χ0v) is 16.2. The molecule has 140 valence electrons. The van der Waals surface area contributed by atoms with Gasteiger partial charge in [-0.05, 0) is 48.9 Å². The minimum absolute atomic E-state index is 0.0259. The largest absolute Gasteiger partial charge is 0.491 e. The highest BCUT2D eigenvalue weighted by Crippen LogP contribution is 2.29. The number of ether oxygens (including phenoxy) is 2. The van der Waals surface area contributed by atoms with E-state index in [1.54, 1.807) is 12.1 Å². The van der Waals surface area contributed by atoms with E-state index in [0.29, 0.717) is 18.9 Å². The lowest BCUT2D eigenvalue weighted by atomic mass is 10.0. The smallest absolute Gasteiger partial charge is 0.123 e. The molecule has 1 saturated heterocycles. The molecule has 0 bridgehead atoms. The van der Waals surface area contributed by atoms with Crippen LogP contribution in [0.2, 0.25) is 0 Å². The van der Waals surface area contributed by atoms with E-state index in [1.165, 1.54) is 12.1 Å². The second-order valence-corrected chi connectivity index (χ2v) is 7.41. The number of rotatable bonds is 6. The summed E-state index contributed by atoms with van der Waals surface area (Å²) in [5.74, 6) is 0.243. The van der Waals surface area contributed by atoms with Gasteiger partial charge in [0.15, 0.2) is 0 Å². The van der Waals surface area contributed by atoms with Crippen LogP contribution in [0.3, 0.4) is 0 Å². The molecule has 26 heavy (non-hydrogen) atoms. The quantitative estimate of drug-likeness (QED) is 0.767. The van der Waals surface area contributed by atoms with Gasteiger partial charge in [-0.15, -0.1) is 0 Å². The minimum Gasteiger partial charge on any atom is -0.491 e. The molecule has 3 atom stereocenters. The fraction of sp³-hybridized carbons (Fsp3) is 0.400. The maximum Gasteiger partial charge on any atom is 0.123 e. The van der Waals surface area contributed by atoms with Crippen molar-refractivity contribution in [1.29, 1.82) is 0 Å². The highest BCUT2D eigenvalue weighted by atomic mass is 79.9. The van der Waals surface area contributed by atoms with Crippen LogP contribution >= 0.6 is 15.9 Å². The topological polar surface area (TPSA) is 41.9 Å². The van der Waals surface area contributed by atoms with Gasteiger partial charge in [0.05, 0.1) is 12.7 Å². The fourth-order valence-corrected chi connectivity index (χ4v) is 3.43. The van der Waals surface area contributed by atoms with Gasteiger partial charge in [0.2, 0.25) is 0 Å². The molecule has 4 nitrogen and oxygen atoms in total. The highest BCUT2D eigenvalue weighted by Gasteiger charge is 2.31. The summed E-state index contributed by atoms with van der Waals surface area (Å²) >= 11 is 3.45. The van der Waals surface area contributed by atoms with Crippen molar-refractivity contribution in [3.8, 4) is 5.75 Å². The van der Waals surface area contributed by atoms with Gasteiger partial charge in [0.25, 0.3) is 0 Å². The number of aliphatic hydroxyl groups excluding tert-OH is 1. The van der Waals surface area contributed by atoms with Crippen molar-refractivity contribution >= 4 is 15.9 Å². The van der Waals surface area contributed by atoms with E-state index in [0.717, 1.165) is 16.6 Å². The van der Waals surface area contributed by atoms with Crippen LogP contribution in [0.5, 0.6) is 5.75 Å². The number of morpholine rings is 1. The monoisotopic (exact) mass is 423 g/mol. The van der Waals surface area contributed by atoms with E-state index in [1.807, 2.05) is 12.1 Å². The third-order valence-electron chi connectivity index (χ3n) is 4.59. The van der Waals surface area contributed by atoms with E-state index in [2.05, 4.69) is 39.9 Å². The van der Waals surface area contributed by atoms with Crippen molar-refractivity contribution in [3.63, 3.8) is 0 Å². The molecule has 3 rings (SSSR count). The van der Waals surface area contributed by atoms with Gasteiger partial charge in [0.1, 0.15) is 24.3 Å². The maximum absolute atomic E-state index is 12.9. The zero-order chi connectivity index (χ0) is 18.5. The Morgan fingerprint density at radius 2 is 1.92 bits per heavy atom. The first-order chi connectivity index (χ1) is 12.5. The number of β-amino-alcohol motifs (C(OH)–C–C–N with tert-alkyl or cyclic N) is 1. The van der Waals surface area contributed by atoms with E-state index >= 15 is 0 Å². The zero-order valence-electron chi connectivity index (χ0n) is 14.6. The standard InChI is InChI=1S/C20H23BrFNO3/c1-14-20(15-2-4-16(21)5-3-15)25-11-10-23(14)12-18(24)13-26-19-8-6-17(22)7-9-19/h2-9,14,18,20,24H,10-13H2,1H3. The molecule has 2 aromatic rings. The molecular weight excluding hydrogens is 401 g/mol. The average molecular weight is 424 g/mol. The Labute approximate surface area is 161 Å². The first kappa shape index (κ1) is 19.3. The third kappa shape index (κ3) is 5.04. The molecule has 1 heterocycles. The van der Waals surface area contributed by atoms with Crippen LogP contribution in [0.25, 0.3) is 0 Å². The number of benzene rings is 2. The lowest BCUT2D eigenvalue weighted by Crippen LogP contribution is -2.49. The van der Waals surface area contributed by atoms with E-state index < -0.39 is 6.10 Å². The van der Waals surface area contributed by atoms with Crippen LogP contribution in [0, 0.1) is 5.82 Å². The predicted molar refractivity (Wildman–Crippen MR) is 102 cm³/mol. The van der Waals surface area contributed by atoms with Crippen LogP contribution in [0.15, 0.2) is 53.0 Å². The maximum atomic E-state index is 12.9. The van der Waals surface area contributed by atoms with Crippen LogP contribution in [-0.2, 0) is 4.74 Å². The molecule has 0 saturated carbocycles. The number of nitrogens with zero attached hydrogens (tertiary/aromatic N) is 1. The van der Waals surface area contributed by atoms with Crippen molar-refractivity contribution in [2.24, 2.45) is 0 Å². The van der Waals surface area contributed by atoms with Gasteiger partial charge in [-0.25, -0.2) is 4.39 Å². The summed E-state index contributed by atoms with van der Waals surface area (Å²) in [5.41, 5.74) is 1.13. The normalized spacial score (nSPS) is 22.2. The molecule has 1 aliphatic heterocycles. The molecule has 0 radical (unpaired) electrons. The number of hydrogen-bond donors (Lipinski definition) is 1. The van der Waals surface area contributed by atoms with Gasteiger partial charge in [-0.1, -0.05) is 28.1 Å². The van der Waals surface area contributed by atoms with Crippen molar-refractivity contribution in [1.82, 2.24) is 4.90 Å². The number of aliphatic hydroxyl groups is 1. The van der Waals surface area contributed by atoms with Gasteiger partial charge in [-0.3, -0.25) is 4.90 Å². The van der Waals surface area contributed by atoms with Gasteiger partial charge < -0.3 is 14.6 Å². The lowest BCUT2D eigenvalue weighted by molar-refractivity contribution is -0.0804. The average Bonchev–Trinajstić information content (AvgIpc) is 2.64. The molecule has 3 unspecified atom stereocenters. The van der Waals surface area contributed by atoms with E-state index in [4.69, 9.17) is 9.47 Å². The number of halogens is 2. The summed E-state index contributed by atoms with van der Waals surface area (Å²) in [6.45, 7) is 4.16. The molecule has 1 fully saturated rings. The summed E-state index contributed by atoms with van der Waals surface area (Å²) in [5, 5.41) is 10.3. The predicted octanol–water partition coefficient (Wildman–Crippen LogP) is 3.79. The summed E-state index contributed by atoms with van der Waals surface area (Å²) in [6, 6.07) is 14.1. The molecule has 1 aliphatic rings. The van der Waals surface area contributed by atoms with Crippen molar-refractivity contribution in [3.05, 3.63) is 64.4 Å². The molecule has 6 heteroatoms. The Balaban J connectivity index is 1.54. The summed E-state index contributed by atoms with van der Waals surface area (Å²) in [6.07, 6.45) is -0.659. The summed E-state index contributed by atoms with van der Waals surface area (Å²) < 4.78 is 25.5. The second-order valence-electron chi connectivity index (χ2n) is 6.50. The second kappa shape index (κ2) is 8.95. The van der Waals surface area contributed by atoms with Crippen LogP contribution < -0.4 is 4.74 Å². The summed E-state index contributed by atoms with van der Waals surface area (Å²) in [4.78, 5) is 2.22. The van der Waals surface area contributed by atoms with Crippen LogP contribution in [0.1, 0.15) is 18.6 Å². The van der Waals surface area contributed by atoms with Crippen molar-refractivity contribution in [2.75, 3.05) is 26.3 Å². The molecule has 2 aromatic carbocycles. The summed E-state index contributed by atoms with van der Waals surface area (Å²) in [7, 11) is 0. The first-order valence-electron chi connectivity index (χ1n) is 8.70. The molecule has 0 amide bonds. The van der Waals surface area contributed by atoms with Gasteiger partial charge in [-0.2, -0.15) is 0 Å². The highest BCUT2D eigenvalue weighted by molar-refractivity contribution is 9.10. The molecule has 0 aromatic heterocycles. The van der Waals surface area contributed by atoms with Gasteiger partial charge in [0, 0.05) is 23.6 Å². The van der Waals surface area contributed by atoms with Crippen LogP contribution in [-0.4, -0.2) is 48.5 Å². The minimum atomic E-state index is -0.633.